The lowest BCUT2D eigenvalue weighted by molar-refractivity contribution is -0.125. The molecule has 2 unspecified atom stereocenters. The summed E-state index contributed by atoms with van der Waals surface area (Å²) < 4.78 is 5.18. The summed E-state index contributed by atoms with van der Waals surface area (Å²) in [6.07, 6.45) is 4.30. The van der Waals surface area contributed by atoms with Gasteiger partial charge in [0, 0.05) is 12.5 Å². The summed E-state index contributed by atoms with van der Waals surface area (Å²) >= 11 is 0. The van der Waals surface area contributed by atoms with Crippen molar-refractivity contribution in [3.05, 3.63) is 24.7 Å². The van der Waals surface area contributed by atoms with Crippen molar-refractivity contribution >= 4 is 5.91 Å². The van der Waals surface area contributed by atoms with Crippen LogP contribution in [-0.2, 0) is 9.53 Å². The smallest absolute Gasteiger partial charge is 0.223 e. The summed E-state index contributed by atoms with van der Waals surface area (Å²) in [6.45, 7) is 10.7. The Morgan fingerprint density at radius 1 is 1.23 bits per heavy atom. The molecule has 0 radical (unpaired) electrons. The monoisotopic (exact) mass is 312 g/mol. The number of rotatable bonds is 13. The van der Waals surface area contributed by atoms with Gasteiger partial charge in [0.05, 0.1) is 19.0 Å². The van der Waals surface area contributed by atoms with Gasteiger partial charge in [-0.3, -0.25) is 4.79 Å². The Kier molecular flexibility index (Phi) is 11.0. The molecule has 2 atom stereocenters. The average molecular weight is 312 g/mol. The first-order valence-corrected chi connectivity index (χ1v) is 7.83. The molecule has 0 aliphatic rings. The molecule has 6 heteroatoms. The van der Waals surface area contributed by atoms with Crippen LogP contribution in [0, 0.1) is 5.92 Å². The van der Waals surface area contributed by atoms with E-state index in [2.05, 4.69) is 23.8 Å². The van der Waals surface area contributed by atoms with E-state index in [4.69, 9.17) is 16.2 Å². The van der Waals surface area contributed by atoms with E-state index in [1.54, 1.807) is 7.11 Å². The number of nitrogens with one attached hydrogen (secondary N) is 2. The lowest BCUT2D eigenvalue weighted by atomic mass is 10.0. The fourth-order valence-corrected chi connectivity index (χ4v) is 2.05. The Labute approximate surface area is 134 Å². The summed E-state index contributed by atoms with van der Waals surface area (Å²) in [6, 6.07) is -0.192. The summed E-state index contributed by atoms with van der Waals surface area (Å²) in [7, 11) is 1.56. The Bertz CT molecular complexity index is 358. The van der Waals surface area contributed by atoms with Gasteiger partial charge in [-0.05, 0) is 32.2 Å². The van der Waals surface area contributed by atoms with E-state index in [1.165, 1.54) is 0 Å². The van der Waals surface area contributed by atoms with E-state index < -0.39 is 0 Å². The number of hydrogen-bond acceptors (Lipinski definition) is 5. The molecule has 0 rings (SSSR count). The fourth-order valence-electron chi connectivity index (χ4n) is 2.05. The lowest BCUT2D eigenvalue weighted by Gasteiger charge is -2.22. The first-order chi connectivity index (χ1) is 10.4. The third-order valence-corrected chi connectivity index (χ3v) is 3.53. The molecule has 0 aliphatic carbocycles. The van der Waals surface area contributed by atoms with Crippen molar-refractivity contribution in [2.75, 3.05) is 20.2 Å². The molecule has 6 N–H and O–H groups in total. The van der Waals surface area contributed by atoms with Gasteiger partial charge in [-0.1, -0.05) is 26.5 Å². The van der Waals surface area contributed by atoms with Crippen LogP contribution < -0.4 is 22.1 Å². The normalized spacial score (nSPS) is 13.0. The van der Waals surface area contributed by atoms with E-state index >= 15 is 0 Å². The minimum Gasteiger partial charge on any atom is -0.500 e. The number of methoxy groups -OCH3 is 1. The molecule has 6 nitrogen and oxygen atoms in total. The highest BCUT2D eigenvalue weighted by Crippen LogP contribution is 2.12. The maximum atomic E-state index is 12.2. The average Bonchev–Trinajstić information content (AvgIpc) is 2.49. The molecule has 128 valence electrons. The first-order valence-electron chi connectivity index (χ1n) is 7.83. The van der Waals surface area contributed by atoms with E-state index in [-0.39, 0.29) is 17.9 Å². The quantitative estimate of drug-likeness (QED) is 0.302. The van der Waals surface area contributed by atoms with Crippen LogP contribution >= 0.6 is 0 Å². The van der Waals surface area contributed by atoms with Crippen molar-refractivity contribution in [2.24, 2.45) is 17.4 Å². The van der Waals surface area contributed by atoms with Crippen molar-refractivity contribution in [3.8, 4) is 0 Å². The number of amides is 1. The summed E-state index contributed by atoms with van der Waals surface area (Å²) in [4.78, 5) is 12.2. The predicted molar refractivity (Wildman–Crippen MR) is 90.7 cm³/mol. The van der Waals surface area contributed by atoms with Crippen LogP contribution in [0.2, 0.25) is 0 Å². The maximum absolute atomic E-state index is 12.2. The van der Waals surface area contributed by atoms with Crippen molar-refractivity contribution in [1.29, 1.82) is 0 Å². The Morgan fingerprint density at radius 3 is 2.45 bits per heavy atom. The molecule has 0 heterocycles. The van der Waals surface area contributed by atoms with Crippen LogP contribution in [0.1, 0.15) is 39.0 Å². The van der Waals surface area contributed by atoms with Gasteiger partial charge in [-0.2, -0.15) is 0 Å². The molecule has 0 bridgehead atoms. The van der Waals surface area contributed by atoms with E-state index in [9.17, 15) is 4.79 Å². The molecule has 0 aromatic heterocycles. The molecular formula is C16H32N4O2. The van der Waals surface area contributed by atoms with Crippen LogP contribution in [0.5, 0.6) is 0 Å². The predicted octanol–water partition coefficient (Wildman–Crippen LogP) is 1.20. The Balaban J connectivity index is 4.29. The summed E-state index contributed by atoms with van der Waals surface area (Å²) in [5.74, 6) is 0.992. The largest absolute Gasteiger partial charge is 0.500 e. The van der Waals surface area contributed by atoms with Gasteiger partial charge in [-0.25, -0.2) is 0 Å². The first kappa shape index (κ1) is 20.3. The third-order valence-electron chi connectivity index (χ3n) is 3.53. The second-order valence-electron chi connectivity index (χ2n) is 5.51. The van der Waals surface area contributed by atoms with Crippen LogP contribution in [-0.4, -0.2) is 32.1 Å². The van der Waals surface area contributed by atoms with Crippen LogP contribution in [0.15, 0.2) is 24.7 Å². The second kappa shape index (κ2) is 11.9. The topological polar surface area (TPSA) is 102 Å². The standard InChI is InChI=1S/C16H32N4O2/c1-12(8-5-6-10-17)16(21)20-15(13(2)22-4)9-7-11-19-14(3)18/h12,15,19H,2-3,5-11,17-18H2,1,4H3,(H,20,21). The summed E-state index contributed by atoms with van der Waals surface area (Å²) in [5, 5.41) is 5.96. The van der Waals surface area contributed by atoms with Crippen LogP contribution in [0.3, 0.4) is 0 Å². The van der Waals surface area contributed by atoms with E-state index in [0.717, 1.165) is 32.1 Å². The number of carbonyl (C=O) groups excluding carboxylic acids is 1. The lowest BCUT2D eigenvalue weighted by Crippen LogP contribution is -2.40. The van der Waals surface area contributed by atoms with E-state index in [0.29, 0.717) is 24.7 Å². The van der Waals surface area contributed by atoms with Gasteiger partial charge >= 0.3 is 0 Å². The minimum atomic E-state index is -0.192. The fraction of sp³-hybridized carbons (Fsp3) is 0.688. The van der Waals surface area contributed by atoms with Gasteiger partial charge in [0.25, 0.3) is 0 Å². The molecular weight excluding hydrogens is 280 g/mol. The molecule has 0 fully saturated rings. The van der Waals surface area contributed by atoms with Gasteiger partial charge in [0.1, 0.15) is 5.76 Å². The van der Waals surface area contributed by atoms with Crippen molar-refractivity contribution in [3.63, 3.8) is 0 Å². The van der Waals surface area contributed by atoms with Gasteiger partial charge in [0.2, 0.25) is 5.91 Å². The van der Waals surface area contributed by atoms with Gasteiger partial charge in [-0.15, -0.1) is 0 Å². The molecule has 0 aliphatic heterocycles. The van der Waals surface area contributed by atoms with Crippen molar-refractivity contribution < 1.29 is 9.53 Å². The van der Waals surface area contributed by atoms with Crippen molar-refractivity contribution in [2.45, 2.75) is 45.1 Å². The molecule has 1 amide bonds. The molecule has 0 saturated carbocycles. The molecule has 0 aromatic rings. The van der Waals surface area contributed by atoms with E-state index in [1.807, 2.05) is 6.92 Å². The highest BCUT2D eigenvalue weighted by Gasteiger charge is 2.19. The third kappa shape index (κ3) is 9.28. The minimum absolute atomic E-state index is 0.0245. The Morgan fingerprint density at radius 2 is 1.91 bits per heavy atom. The van der Waals surface area contributed by atoms with Crippen LogP contribution in [0.4, 0.5) is 0 Å². The zero-order chi connectivity index (χ0) is 17.0. The van der Waals surface area contributed by atoms with Crippen LogP contribution in [0.25, 0.3) is 0 Å². The van der Waals surface area contributed by atoms with Crippen molar-refractivity contribution in [1.82, 2.24) is 10.6 Å². The zero-order valence-electron chi connectivity index (χ0n) is 14.0. The van der Waals surface area contributed by atoms with Gasteiger partial charge in [0.15, 0.2) is 0 Å². The van der Waals surface area contributed by atoms with Gasteiger partial charge < -0.3 is 26.8 Å². The Hall–Kier alpha value is -1.69. The number of hydrogen-bond donors (Lipinski definition) is 4. The maximum Gasteiger partial charge on any atom is 0.223 e. The SMILES string of the molecule is C=C(N)NCCCC(NC(=O)C(C)CCCCN)C(=C)OC. The number of nitrogens with two attached hydrogens (primary N) is 2. The molecule has 22 heavy (non-hydrogen) atoms. The molecule has 0 aromatic carbocycles. The molecule has 0 saturated heterocycles. The number of carbonyl (C=O) groups is 1. The highest BCUT2D eigenvalue weighted by atomic mass is 16.5. The second-order valence-corrected chi connectivity index (χ2v) is 5.51. The zero-order valence-corrected chi connectivity index (χ0v) is 14.0. The summed E-state index contributed by atoms with van der Waals surface area (Å²) in [5.41, 5.74) is 10.9. The number of unbranched alkanes of at least 4 members (excludes halogenated alkanes) is 1. The molecule has 0 spiro atoms. The highest BCUT2D eigenvalue weighted by molar-refractivity contribution is 5.78. The number of ether oxygens (including phenoxy) is 1.